The fraction of sp³-hybridized carbons (Fsp3) is 0.778. The fourth-order valence-corrected chi connectivity index (χ4v) is 3.88. The molecule has 0 aromatic carbocycles. The predicted molar refractivity (Wildman–Crippen MR) is 85.7 cm³/mol. The molecule has 1 unspecified atom stereocenters. The van der Waals surface area contributed by atoms with E-state index in [2.05, 4.69) is 28.9 Å². The lowest BCUT2D eigenvalue weighted by Crippen LogP contribution is -2.47. The molecule has 3 aliphatic rings. The Bertz CT molecular complexity index is 375. The molecule has 0 N–H and O–H groups in total. The number of allylic oxidation sites excluding steroid dienone is 4. The standard InChI is InChI=1S/C18H30N2/c1-16-7-9-17(10-8-16)15-19-11-13-20(14-12-19)18-5-3-2-4-6-18/h5,7,17H,2-4,6,8-15H2,1H3. The summed E-state index contributed by atoms with van der Waals surface area (Å²) in [5, 5.41) is 0. The second kappa shape index (κ2) is 6.80. The largest absolute Gasteiger partial charge is 0.373 e. The van der Waals surface area contributed by atoms with Crippen molar-refractivity contribution in [1.29, 1.82) is 0 Å². The average Bonchev–Trinajstić information content (AvgIpc) is 2.51. The number of nitrogens with zero attached hydrogens (tertiary/aromatic N) is 2. The van der Waals surface area contributed by atoms with E-state index in [4.69, 9.17) is 0 Å². The van der Waals surface area contributed by atoms with Crippen LogP contribution < -0.4 is 0 Å². The van der Waals surface area contributed by atoms with Gasteiger partial charge in [-0.15, -0.1) is 0 Å². The van der Waals surface area contributed by atoms with Gasteiger partial charge >= 0.3 is 0 Å². The summed E-state index contributed by atoms with van der Waals surface area (Å²) in [6.45, 7) is 8.68. The average molecular weight is 274 g/mol. The second-order valence-electron chi connectivity index (χ2n) is 6.92. The molecule has 2 heteroatoms. The van der Waals surface area contributed by atoms with Crippen LogP contribution in [0.1, 0.15) is 51.9 Å². The molecule has 20 heavy (non-hydrogen) atoms. The first kappa shape index (κ1) is 14.2. The predicted octanol–water partition coefficient (Wildman–Crippen LogP) is 3.81. The van der Waals surface area contributed by atoms with Crippen LogP contribution in [0.5, 0.6) is 0 Å². The smallest absolute Gasteiger partial charge is 0.0303 e. The van der Waals surface area contributed by atoms with Crippen LogP contribution >= 0.6 is 0 Å². The molecule has 0 amide bonds. The summed E-state index contributed by atoms with van der Waals surface area (Å²) < 4.78 is 0. The highest BCUT2D eigenvalue weighted by molar-refractivity contribution is 5.06. The zero-order valence-corrected chi connectivity index (χ0v) is 13.1. The molecule has 1 aliphatic heterocycles. The molecule has 0 spiro atoms. The molecule has 2 nitrogen and oxygen atoms in total. The van der Waals surface area contributed by atoms with Crippen molar-refractivity contribution in [3.8, 4) is 0 Å². The highest BCUT2D eigenvalue weighted by atomic mass is 15.3. The van der Waals surface area contributed by atoms with Crippen molar-refractivity contribution in [1.82, 2.24) is 9.80 Å². The summed E-state index contributed by atoms with van der Waals surface area (Å²) in [6, 6.07) is 0. The monoisotopic (exact) mass is 274 g/mol. The van der Waals surface area contributed by atoms with Gasteiger partial charge in [0.05, 0.1) is 0 Å². The van der Waals surface area contributed by atoms with E-state index in [1.165, 1.54) is 77.7 Å². The SMILES string of the molecule is CC1=CCC(CN2CCN(C3=CCCCC3)CC2)CC1. The molecular formula is C18H30N2. The molecule has 1 fully saturated rings. The van der Waals surface area contributed by atoms with Gasteiger partial charge in [-0.25, -0.2) is 0 Å². The molecule has 1 saturated heterocycles. The van der Waals surface area contributed by atoms with Crippen LogP contribution in [-0.4, -0.2) is 42.5 Å². The lowest BCUT2D eigenvalue weighted by Gasteiger charge is -2.39. The second-order valence-corrected chi connectivity index (χ2v) is 6.92. The fourth-order valence-electron chi connectivity index (χ4n) is 3.88. The first-order chi connectivity index (χ1) is 9.81. The molecule has 2 aliphatic carbocycles. The maximum atomic E-state index is 2.71. The van der Waals surface area contributed by atoms with Crippen LogP contribution in [0.15, 0.2) is 23.4 Å². The van der Waals surface area contributed by atoms with Crippen LogP contribution in [0.2, 0.25) is 0 Å². The highest BCUT2D eigenvalue weighted by Gasteiger charge is 2.22. The maximum absolute atomic E-state index is 2.71. The number of hydrogen-bond acceptors (Lipinski definition) is 2. The van der Waals surface area contributed by atoms with Crippen molar-refractivity contribution in [2.24, 2.45) is 5.92 Å². The molecule has 0 radical (unpaired) electrons. The number of piperazine rings is 1. The third-order valence-electron chi connectivity index (χ3n) is 5.31. The molecule has 112 valence electrons. The van der Waals surface area contributed by atoms with Gasteiger partial charge in [0.15, 0.2) is 0 Å². The third-order valence-corrected chi connectivity index (χ3v) is 5.31. The van der Waals surface area contributed by atoms with E-state index in [0.717, 1.165) is 5.92 Å². The van der Waals surface area contributed by atoms with E-state index in [1.54, 1.807) is 11.3 Å². The first-order valence-electron chi connectivity index (χ1n) is 8.63. The molecule has 0 aromatic rings. The summed E-state index contributed by atoms with van der Waals surface area (Å²) in [7, 11) is 0. The maximum Gasteiger partial charge on any atom is 0.0303 e. The molecule has 1 heterocycles. The Balaban J connectivity index is 1.43. The summed E-state index contributed by atoms with van der Waals surface area (Å²) in [5.41, 5.74) is 3.25. The normalized spacial score (nSPS) is 29.1. The Morgan fingerprint density at radius 1 is 1.05 bits per heavy atom. The quantitative estimate of drug-likeness (QED) is 0.722. The van der Waals surface area contributed by atoms with Crippen molar-refractivity contribution in [3.63, 3.8) is 0 Å². The van der Waals surface area contributed by atoms with Crippen LogP contribution in [0, 0.1) is 5.92 Å². The zero-order chi connectivity index (χ0) is 13.8. The summed E-state index contributed by atoms with van der Waals surface area (Å²) in [5.74, 6) is 0.916. The van der Waals surface area contributed by atoms with Gasteiger partial charge in [0.1, 0.15) is 0 Å². The first-order valence-corrected chi connectivity index (χ1v) is 8.63. The molecular weight excluding hydrogens is 244 g/mol. The molecule has 1 atom stereocenters. The van der Waals surface area contributed by atoms with Gasteiger partial charge in [-0.2, -0.15) is 0 Å². The minimum atomic E-state index is 0.916. The lowest BCUT2D eigenvalue weighted by atomic mass is 9.90. The van der Waals surface area contributed by atoms with Gasteiger partial charge in [0, 0.05) is 38.4 Å². The van der Waals surface area contributed by atoms with E-state index in [0.29, 0.717) is 0 Å². The van der Waals surface area contributed by atoms with Crippen molar-refractivity contribution >= 4 is 0 Å². The van der Waals surface area contributed by atoms with E-state index < -0.39 is 0 Å². The van der Waals surface area contributed by atoms with Crippen molar-refractivity contribution < 1.29 is 0 Å². The minimum absolute atomic E-state index is 0.916. The van der Waals surface area contributed by atoms with Crippen LogP contribution in [-0.2, 0) is 0 Å². The topological polar surface area (TPSA) is 6.48 Å². The summed E-state index contributed by atoms with van der Waals surface area (Å²) in [6.07, 6.45) is 14.5. The van der Waals surface area contributed by atoms with Gasteiger partial charge in [-0.3, -0.25) is 4.90 Å². The van der Waals surface area contributed by atoms with Crippen LogP contribution in [0.4, 0.5) is 0 Å². The van der Waals surface area contributed by atoms with Crippen LogP contribution in [0.3, 0.4) is 0 Å². The molecule has 3 rings (SSSR count). The Kier molecular flexibility index (Phi) is 4.82. The van der Waals surface area contributed by atoms with Gasteiger partial charge in [-0.1, -0.05) is 17.7 Å². The number of hydrogen-bond donors (Lipinski definition) is 0. The summed E-state index contributed by atoms with van der Waals surface area (Å²) in [4.78, 5) is 5.36. The Morgan fingerprint density at radius 2 is 1.90 bits per heavy atom. The van der Waals surface area contributed by atoms with Crippen molar-refractivity contribution in [2.45, 2.75) is 51.9 Å². The summed E-state index contributed by atoms with van der Waals surface area (Å²) >= 11 is 0. The van der Waals surface area contributed by atoms with Gasteiger partial charge < -0.3 is 4.90 Å². The highest BCUT2D eigenvalue weighted by Crippen LogP contribution is 2.25. The Morgan fingerprint density at radius 3 is 2.55 bits per heavy atom. The molecule has 0 bridgehead atoms. The van der Waals surface area contributed by atoms with Gasteiger partial charge in [0.2, 0.25) is 0 Å². The van der Waals surface area contributed by atoms with Gasteiger partial charge in [0.25, 0.3) is 0 Å². The Hall–Kier alpha value is -0.760. The molecule has 0 aromatic heterocycles. The zero-order valence-electron chi connectivity index (χ0n) is 13.1. The van der Waals surface area contributed by atoms with E-state index in [-0.39, 0.29) is 0 Å². The van der Waals surface area contributed by atoms with E-state index in [1.807, 2.05) is 0 Å². The van der Waals surface area contributed by atoms with Gasteiger partial charge in [-0.05, 0) is 57.8 Å². The van der Waals surface area contributed by atoms with Crippen molar-refractivity contribution in [3.05, 3.63) is 23.4 Å². The van der Waals surface area contributed by atoms with E-state index in [9.17, 15) is 0 Å². The Labute approximate surface area is 124 Å². The minimum Gasteiger partial charge on any atom is -0.373 e. The van der Waals surface area contributed by atoms with Crippen molar-refractivity contribution in [2.75, 3.05) is 32.7 Å². The van der Waals surface area contributed by atoms with Crippen LogP contribution in [0.25, 0.3) is 0 Å². The van der Waals surface area contributed by atoms with E-state index >= 15 is 0 Å². The molecule has 0 saturated carbocycles. The third kappa shape index (κ3) is 3.66. The lowest BCUT2D eigenvalue weighted by molar-refractivity contribution is 0.133. The number of rotatable bonds is 3.